The second kappa shape index (κ2) is 6.05. The van der Waals surface area contributed by atoms with Crippen LogP contribution < -0.4 is 16.0 Å². The van der Waals surface area contributed by atoms with Crippen LogP contribution in [0.3, 0.4) is 0 Å². The lowest BCUT2D eigenvalue weighted by atomic mass is 10.3. The van der Waals surface area contributed by atoms with Crippen LogP contribution in [0.15, 0.2) is 34.0 Å². The monoisotopic (exact) mass is 286 g/mol. The Morgan fingerprint density at radius 2 is 2.14 bits per heavy atom. The molecule has 0 fully saturated rings. The van der Waals surface area contributed by atoms with E-state index in [1.807, 2.05) is 6.92 Å². The fraction of sp³-hybridized carbons (Fsp3) is 0.286. The Kier molecular flexibility index (Phi) is 4.18. The Hall–Kier alpha value is -2.88. The van der Waals surface area contributed by atoms with E-state index in [1.54, 1.807) is 24.3 Å². The van der Waals surface area contributed by atoms with Gasteiger partial charge in [-0.1, -0.05) is 6.07 Å². The maximum Gasteiger partial charge on any atom is 0.331 e. The maximum atomic E-state index is 12.1. The summed E-state index contributed by atoms with van der Waals surface area (Å²) in [7, 11) is 1.49. The smallest absolute Gasteiger partial charge is 0.331 e. The molecule has 0 amide bonds. The van der Waals surface area contributed by atoms with Crippen LogP contribution in [0.25, 0.3) is 0 Å². The lowest BCUT2D eigenvalue weighted by molar-refractivity contribution is 0.325. The molecule has 0 saturated carbocycles. The number of nitriles is 1. The van der Waals surface area contributed by atoms with Crippen LogP contribution in [0.5, 0.6) is 5.88 Å². The molecule has 7 heteroatoms. The molecule has 0 N–H and O–H groups in total. The van der Waals surface area contributed by atoms with E-state index in [0.717, 1.165) is 4.57 Å². The number of nitrogens with zero attached hydrogens (tertiary/aromatic N) is 4. The molecule has 0 bridgehead atoms. The summed E-state index contributed by atoms with van der Waals surface area (Å²) in [5, 5.41) is 8.92. The normalized spacial score (nSPS) is 10.1. The van der Waals surface area contributed by atoms with Gasteiger partial charge < -0.3 is 9.30 Å². The van der Waals surface area contributed by atoms with Gasteiger partial charge in [0.15, 0.2) is 0 Å². The van der Waals surface area contributed by atoms with Gasteiger partial charge in [0, 0.05) is 19.3 Å². The highest BCUT2D eigenvalue weighted by atomic mass is 16.5. The van der Waals surface area contributed by atoms with E-state index < -0.39 is 11.2 Å². The highest BCUT2D eigenvalue weighted by Gasteiger charge is 2.10. The quantitative estimate of drug-likeness (QED) is 0.804. The molecule has 21 heavy (non-hydrogen) atoms. The first-order chi connectivity index (χ1) is 10.1. The summed E-state index contributed by atoms with van der Waals surface area (Å²) in [6.07, 6.45) is 1.23. The van der Waals surface area contributed by atoms with Crippen LogP contribution in [-0.4, -0.2) is 20.7 Å². The third kappa shape index (κ3) is 3.00. The number of hydrogen-bond acceptors (Lipinski definition) is 5. The van der Waals surface area contributed by atoms with Gasteiger partial charge in [0.25, 0.3) is 5.56 Å². The number of pyridine rings is 1. The van der Waals surface area contributed by atoms with Gasteiger partial charge in [0.05, 0.1) is 18.8 Å². The zero-order valence-electron chi connectivity index (χ0n) is 11.7. The summed E-state index contributed by atoms with van der Waals surface area (Å²) in [4.78, 5) is 28.3. The zero-order valence-corrected chi connectivity index (χ0v) is 11.7. The van der Waals surface area contributed by atoms with Gasteiger partial charge in [-0.3, -0.25) is 9.36 Å². The Morgan fingerprint density at radius 1 is 1.38 bits per heavy atom. The van der Waals surface area contributed by atoms with Crippen molar-refractivity contribution in [2.45, 2.75) is 13.5 Å². The average Bonchev–Trinajstić information content (AvgIpc) is 2.48. The lowest BCUT2D eigenvalue weighted by Gasteiger charge is -2.08. The fourth-order valence-corrected chi connectivity index (χ4v) is 1.88. The van der Waals surface area contributed by atoms with Crippen molar-refractivity contribution in [1.29, 1.82) is 5.26 Å². The molecule has 2 heterocycles. The molecule has 108 valence electrons. The Morgan fingerprint density at radius 3 is 2.81 bits per heavy atom. The lowest BCUT2D eigenvalue weighted by Crippen LogP contribution is -2.40. The summed E-state index contributed by atoms with van der Waals surface area (Å²) in [5.41, 5.74) is -0.694. The third-order valence-corrected chi connectivity index (χ3v) is 2.84. The molecule has 2 aromatic heterocycles. The molecule has 0 saturated heterocycles. The van der Waals surface area contributed by atoms with Gasteiger partial charge in [-0.05, 0) is 13.0 Å². The van der Waals surface area contributed by atoms with Gasteiger partial charge in [0.1, 0.15) is 11.6 Å². The first-order valence-corrected chi connectivity index (χ1v) is 6.36. The van der Waals surface area contributed by atoms with Crippen molar-refractivity contribution in [3.8, 4) is 11.9 Å². The van der Waals surface area contributed by atoms with E-state index in [4.69, 9.17) is 10.00 Å². The molecule has 0 aliphatic rings. The summed E-state index contributed by atoms with van der Waals surface area (Å²) in [6, 6.07) is 6.90. The van der Waals surface area contributed by atoms with Crippen LogP contribution in [-0.2, 0) is 13.6 Å². The second-order valence-electron chi connectivity index (χ2n) is 4.34. The van der Waals surface area contributed by atoms with Crippen molar-refractivity contribution in [2.24, 2.45) is 7.05 Å². The zero-order chi connectivity index (χ0) is 15.4. The molecular weight excluding hydrogens is 272 g/mol. The second-order valence-corrected chi connectivity index (χ2v) is 4.34. The number of rotatable bonds is 4. The van der Waals surface area contributed by atoms with E-state index in [1.165, 1.54) is 17.8 Å². The summed E-state index contributed by atoms with van der Waals surface area (Å²) in [5.74, 6) is 0.427. The topological polar surface area (TPSA) is 89.9 Å². The third-order valence-electron chi connectivity index (χ3n) is 2.84. The van der Waals surface area contributed by atoms with Crippen molar-refractivity contribution >= 4 is 0 Å². The van der Waals surface area contributed by atoms with Gasteiger partial charge in [0.2, 0.25) is 5.88 Å². The van der Waals surface area contributed by atoms with Gasteiger partial charge in [-0.2, -0.15) is 5.26 Å². The molecule has 2 rings (SSSR count). The van der Waals surface area contributed by atoms with E-state index in [2.05, 4.69) is 4.98 Å². The molecule has 0 aliphatic heterocycles. The first kappa shape index (κ1) is 14.5. The van der Waals surface area contributed by atoms with Crippen molar-refractivity contribution in [1.82, 2.24) is 14.1 Å². The highest BCUT2D eigenvalue weighted by Crippen LogP contribution is 2.07. The van der Waals surface area contributed by atoms with E-state index in [9.17, 15) is 9.59 Å². The molecule has 7 nitrogen and oxygen atoms in total. The predicted octanol–water partition coefficient (Wildman–Crippen LogP) is 0.261. The summed E-state index contributed by atoms with van der Waals surface area (Å²) in [6.45, 7) is 2.30. The number of hydrogen-bond donors (Lipinski definition) is 0. The molecule has 0 aromatic carbocycles. The molecule has 2 aromatic rings. The van der Waals surface area contributed by atoms with E-state index in [0.29, 0.717) is 18.2 Å². The minimum absolute atomic E-state index is 0.0120. The fourth-order valence-electron chi connectivity index (χ4n) is 1.88. The summed E-state index contributed by atoms with van der Waals surface area (Å²) >= 11 is 0. The van der Waals surface area contributed by atoms with Gasteiger partial charge in [-0.15, -0.1) is 0 Å². The van der Waals surface area contributed by atoms with E-state index in [-0.39, 0.29) is 12.1 Å². The predicted molar refractivity (Wildman–Crippen MR) is 75.2 cm³/mol. The van der Waals surface area contributed by atoms with Crippen LogP contribution in [0, 0.1) is 11.3 Å². The number of aryl methyl sites for hydroxylation is 1. The Bertz CT molecular complexity index is 814. The van der Waals surface area contributed by atoms with Gasteiger partial charge in [-0.25, -0.2) is 9.78 Å². The van der Waals surface area contributed by atoms with E-state index >= 15 is 0 Å². The maximum absolute atomic E-state index is 12.1. The van der Waals surface area contributed by atoms with Gasteiger partial charge >= 0.3 is 5.69 Å². The van der Waals surface area contributed by atoms with Crippen molar-refractivity contribution < 1.29 is 4.74 Å². The van der Waals surface area contributed by atoms with Crippen molar-refractivity contribution in [2.75, 3.05) is 6.61 Å². The minimum atomic E-state index is -0.621. The largest absolute Gasteiger partial charge is 0.478 e. The summed E-state index contributed by atoms with van der Waals surface area (Å²) < 4.78 is 7.46. The Balaban J connectivity index is 2.47. The molecule has 0 aliphatic carbocycles. The minimum Gasteiger partial charge on any atom is -0.478 e. The Labute approximate surface area is 120 Å². The molecule has 0 radical (unpaired) electrons. The average molecular weight is 286 g/mol. The number of aromatic nitrogens is 3. The van der Waals surface area contributed by atoms with Crippen LogP contribution in [0.1, 0.15) is 18.2 Å². The molecule has 0 spiro atoms. The van der Waals surface area contributed by atoms with Crippen LogP contribution in [0.2, 0.25) is 0 Å². The van der Waals surface area contributed by atoms with Crippen LogP contribution in [0.4, 0.5) is 0 Å². The molecule has 0 unspecified atom stereocenters. The SMILES string of the molecule is CCOc1cccc(Cn2c(=O)c(C#N)cn(C)c2=O)n1. The molecule has 0 atom stereocenters. The van der Waals surface area contributed by atoms with Crippen molar-refractivity contribution in [3.63, 3.8) is 0 Å². The number of ether oxygens (including phenoxy) is 1. The highest BCUT2D eigenvalue weighted by molar-refractivity contribution is 5.23. The van der Waals surface area contributed by atoms with Crippen molar-refractivity contribution in [3.05, 3.63) is 56.5 Å². The first-order valence-electron chi connectivity index (χ1n) is 6.36. The van der Waals surface area contributed by atoms with Crippen LogP contribution >= 0.6 is 0 Å². The standard InChI is InChI=1S/C14H14N4O3/c1-3-21-12-6-4-5-11(16-12)9-18-13(19)10(7-15)8-17(2)14(18)20/h4-6,8H,3,9H2,1-2H3. The molecular formula is C14H14N4O3.